The Morgan fingerprint density at radius 2 is 1.93 bits per heavy atom. The van der Waals surface area contributed by atoms with Crippen LogP contribution in [-0.4, -0.2) is 36.9 Å². The van der Waals surface area contributed by atoms with Gasteiger partial charge >= 0.3 is 0 Å². The molecule has 3 atom stereocenters. The van der Waals surface area contributed by atoms with Crippen LogP contribution in [0.3, 0.4) is 0 Å². The lowest BCUT2D eigenvalue weighted by Crippen LogP contribution is -2.39. The Balaban J connectivity index is 1.59. The van der Waals surface area contributed by atoms with Crippen molar-refractivity contribution < 1.29 is 5.11 Å². The van der Waals surface area contributed by atoms with E-state index in [1.807, 2.05) is 0 Å². The minimum Gasteiger partial charge on any atom is -0.393 e. The summed E-state index contributed by atoms with van der Waals surface area (Å²) in [5, 5.41) is 16.8. The van der Waals surface area contributed by atoms with Crippen molar-refractivity contribution in [3.05, 3.63) is 0 Å². The summed E-state index contributed by atoms with van der Waals surface area (Å²) in [4.78, 5) is 0. The summed E-state index contributed by atoms with van der Waals surface area (Å²) in [6.45, 7) is 3.25. The van der Waals surface area contributed by atoms with Crippen molar-refractivity contribution in [3.63, 3.8) is 0 Å². The van der Waals surface area contributed by atoms with Gasteiger partial charge in [-0.25, -0.2) is 0 Å². The second kappa shape index (κ2) is 5.83. The molecule has 2 aliphatic rings. The Kier molecular flexibility index (Phi) is 4.42. The van der Waals surface area contributed by atoms with Gasteiger partial charge in [-0.3, -0.25) is 0 Å². The molecule has 2 fully saturated rings. The molecule has 15 heavy (non-hydrogen) atoms. The van der Waals surface area contributed by atoms with E-state index in [2.05, 4.69) is 10.6 Å². The van der Waals surface area contributed by atoms with Crippen LogP contribution in [0.2, 0.25) is 0 Å². The molecule has 0 bridgehead atoms. The van der Waals surface area contributed by atoms with Gasteiger partial charge in [0.2, 0.25) is 0 Å². The van der Waals surface area contributed by atoms with Gasteiger partial charge in [-0.1, -0.05) is 12.8 Å². The summed E-state index contributed by atoms with van der Waals surface area (Å²) in [6, 6.07) is 0.672. The monoisotopic (exact) mass is 212 g/mol. The average molecular weight is 212 g/mol. The summed E-state index contributed by atoms with van der Waals surface area (Å²) in [5.41, 5.74) is 0. The van der Waals surface area contributed by atoms with Crippen LogP contribution in [0, 0.1) is 5.92 Å². The highest BCUT2D eigenvalue weighted by Crippen LogP contribution is 2.23. The first-order chi connectivity index (χ1) is 7.36. The van der Waals surface area contributed by atoms with Crippen molar-refractivity contribution in [1.29, 1.82) is 0 Å². The van der Waals surface area contributed by atoms with Gasteiger partial charge in [0.25, 0.3) is 0 Å². The smallest absolute Gasteiger partial charge is 0.0580 e. The lowest BCUT2D eigenvalue weighted by atomic mass is 9.86. The van der Waals surface area contributed by atoms with Crippen LogP contribution in [0.25, 0.3) is 0 Å². The van der Waals surface area contributed by atoms with Crippen molar-refractivity contribution in [3.8, 4) is 0 Å². The number of hydrogen-bond acceptors (Lipinski definition) is 3. The lowest BCUT2D eigenvalue weighted by molar-refractivity contribution is 0.0695. The summed E-state index contributed by atoms with van der Waals surface area (Å²) in [7, 11) is 0. The summed E-state index contributed by atoms with van der Waals surface area (Å²) < 4.78 is 0. The van der Waals surface area contributed by atoms with Gasteiger partial charge in [-0.2, -0.15) is 0 Å². The SMILES string of the molecule is OC1CCCCC1CNCC1CCCN1. The van der Waals surface area contributed by atoms with Gasteiger partial charge in [-0.15, -0.1) is 0 Å². The maximum absolute atomic E-state index is 9.81. The molecule has 88 valence electrons. The second-order valence-corrected chi connectivity index (χ2v) is 5.06. The molecule has 3 unspecified atom stereocenters. The maximum Gasteiger partial charge on any atom is 0.0580 e. The number of rotatable bonds is 4. The highest BCUT2D eigenvalue weighted by Gasteiger charge is 2.23. The molecule has 0 radical (unpaired) electrons. The van der Waals surface area contributed by atoms with Crippen molar-refractivity contribution in [2.75, 3.05) is 19.6 Å². The van der Waals surface area contributed by atoms with Crippen LogP contribution in [0.4, 0.5) is 0 Å². The number of nitrogens with one attached hydrogen (secondary N) is 2. The van der Waals surface area contributed by atoms with Crippen molar-refractivity contribution in [1.82, 2.24) is 10.6 Å². The predicted molar refractivity (Wildman–Crippen MR) is 61.9 cm³/mol. The zero-order valence-corrected chi connectivity index (χ0v) is 9.54. The highest BCUT2D eigenvalue weighted by molar-refractivity contribution is 4.79. The van der Waals surface area contributed by atoms with Crippen LogP contribution < -0.4 is 10.6 Å². The zero-order valence-electron chi connectivity index (χ0n) is 9.54. The summed E-state index contributed by atoms with van der Waals surface area (Å²) >= 11 is 0. The molecule has 0 aromatic carbocycles. The third-order valence-corrected chi connectivity index (χ3v) is 3.83. The highest BCUT2D eigenvalue weighted by atomic mass is 16.3. The van der Waals surface area contributed by atoms with E-state index in [1.54, 1.807) is 0 Å². The first-order valence-electron chi connectivity index (χ1n) is 6.48. The fourth-order valence-corrected chi connectivity index (χ4v) is 2.80. The van der Waals surface area contributed by atoms with Gasteiger partial charge < -0.3 is 15.7 Å². The molecule has 3 nitrogen and oxygen atoms in total. The molecule has 0 aromatic rings. The molecule has 0 amide bonds. The molecule has 3 heteroatoms. The fourth-order valence-electron chi connectivity index (χ4n) is 2.80. The van der Waals surface area contributed by atoms with Crippen molar-refractivity contribution >= 4 is 0 Å². The van der Waals surface area contributed by atoms with E-state index in [4.69, 9.17) is 0 Å². The van der Waals surface area contributed by atoms with E-state index in [-0.39, 0.29) is 6.10 Å². The molecule has 0 aromatic heterocycles. The minimum absolute atomic E-state index is 0.0530. The molecule has 0 spiro atoms. The molecule has 1 saturated heterocycles. The van der Waals surface area contributed by atoms with E-state index >= 15 is 0 Å². The quantitative estimate of drug-likeness (QED) is 0.648. The van der Waals surface area contributed by atoms with E-state index in [0.717, 1.165) is 19.5 Å². The van der Waals surface area contributed by atoms with E-state index in [0.29, 0.717) is 12.0 Å². The van der Waals surface area contributed by atoms with Crippen molar-refractivity contribution in [2.24, 2.45) is 5.92 Å². The van der Waals surface area contributed by atoms with Gasteiger partial charge in [0.05, 0.1) is 6.10 Å². The molecule has 1 aliphatic carbocycles. The first kappa shape index (κ1) is 11.4. The van der Waals surface area contributed by atoms with E-state index in [1.165, 1.54) is 38.6 Å². The van der Waals surface area contributed by atoms with Gasteiger partial charge in [0.15, 0.2) is 0 Å². The molecular formula is C12H24N2O. The van der Waals surface area contributed by atoms with E-state index < -0.39 is 0 Å². The van der Waals surface area contributed by atoms with Crippen LogP contribution in [0.15, 0.2) is 0 Å². The van der Waals surface area contributed by atoms with E-state index in [9.17, 15) is 5.11 Å². The topological polar surface area (TPSA) is 44.3 Å². The zero-order chi connectivity index (χ0) is 10.5. The molecule has 1 aliphatic heterocycles. The standard InChI is InChI=1S/C12H24N2O/c15-12-6-2-1-4-10(12)8-13-9-11-5-3-7-14-11/h10-15H,1-9H2. The predicted octanol–water partition coefficient (Wildman–Crippen LogP) is 0.879. The Morgan fingerprint density at radius 1 is 1.07 bits per heavy atom. The Bertz CT molecular complexity index is 180. The van der Waals surface area contributed by atoms with Crippen LogP contribution in [0.5, 0.6) is 0 Å². The molecule has 2 rings (SSSR count). The van der Waals surface area contributed by atoms with Crippen LogP contribution in [-0.2, 0) is 0 Å². The van der Waals surface area contributed by atoms with Gasteiger partial charge in [-0.05, 0) is 38.1 Å². The first-order valence-corrected chi connectivity index (χ1v) is 6.48. The number of aliphatic hydroxyl groups is 1. The largest absolute Gasteiger partial charge is 0.393 e. The molecule has 1 heterocycles. The Morgan fingerprint density at radius 3 is 2.67 bits per heavy atom. The Labute approximate surface area is 92.6 Å². The third-order valence-electron chi connectivity index (χ3n) is 3.83. The van der Waals surface area contributed by atoms with Crippen LogP contribution in [0.1, 0.15) is 38.5 Å². The van der Waals surface area contributed by atoms with Gasteiger partial charge in [0, 0.05) is 19.1 Å². The van der Waals surface area contributed by atoms with Crippen LogP contribution >= 0.6 is 0 Å². The van der Waals surface area contributed by atoms with Gasteiger partial charge in [0.1, 0.15) is 0 Å². The molecular weight excluding hydrogens is 188 g/mol. The average Bonchev–Trinajstić information content (AvgIpc) is 2.74. The fraction of sp³-hybridized carbons (Fsp3) is 1.00. The summed E-state index contributed by atoms with van der Waals surface area (Å²) in [5.74, 6) is 0.500. The summed E-state index contributed by atoms with van der Waals surface area (Å²) in [6.07, 6.45) is 7.29. The lowest BCUT2D eigenvalue weighted by Gasteiger charge is -2.28. The minimum atomic E-state index is -0.0530. The number of hydrogen-bond donors (Lipinski definition) is 3. The molecule has 1 saturated carbocycles. The number of aliphatic hydroxyl groups excluding tert-OH is 1. The normalized spacial score (nSPS) is 37.0. The third kappa shape index (κ3) is 3.44. The Hall–Kier alpha value is -0.120. The van der Waals surface area contributed by atoms with Crippen molar-refractivity contribution in [2.45, 2.75) is 50.7 Å². The molecule has 3 N–H and O–H groups in total. The maximum atomic E-state index is 9.81. The second-order valence-electron chi connectivity index (χ2n) is 5.06.